The minimum atomic E-state index is -0.488. The Morgan fingerprint density at radius 1 is 1.25 bits per heavy atom. The van der Waals surface area contributed by atoms with Gasteiger partial charge in [0.1, 0.15) is 0 Å². The number of hydrogen-bond donors (Lipinski definition) is 2. The zero-order chi connectivity index (χ0) is 14.4. The highest BCUT2D eigenvalue weighted by atomic mass is 35.5. The molecule has 20 heavy (non-hydrogen) atoms. The standard InChI is InChI=1S/C15H22ClNO3/c16-13-3-1-12(2-4-13)10-20-11-15(19)9-17-7-5-14(18)6-8-17/h1-4,14-15,18-19H,5-11H2/t15-/m0/s1. The molecule has 0 aromatic heterocycles. The average Bonchev–Trinajstić information content (AvgIpc) is 2.44. The lowest BCUT2D eigenvalue weighted by molar-refractivity contribution is -0.00243. The number of piperidine rings is 1. The van der Waals surface area contributed by atoms with Crippen LogP contribution in [0.5, 0.6) is 0 Å². The summed E-state index contributed by atoms with van der Waals surface area (Å²) < 4.78 is 5.51. The van der Waals surface area contributed by atoms with E-state index in [1.54, 1.807) is 0 Å². The highest BCUT2D eigenvalue weighted by Crippen LogP contribution is 2.12. The molecule has 0 amide bonds. The Hall–Kier alpha value is -0.650. The molecule has 2 rings (SSSR count). The highest BCUT2D eigenvalue weighted by Gasteiger charge is 2.19. The summed E-state index contributed by atoms with van der Waals surface area (Å²) in [4.78, 5) is 2.17. The third kappa shape index (κ3) is 5.38. The van der Waals surface area contributed by atoms with Gasteiger partial charge in [-0.1, -0.05) is 23.7 Å². The van der Waals surface area contributed by atoms with Crippen LogP contribution in [-0.4, -0.2) is 53.6 Å². The van der Waals surface area contributed by atoms with Gasteiger partial charge in [0.15, 0.2) is 0 Å². The van der Waals surface area contributed by atoms with Gasteiger partial charge in [-0.3, -0.25) is 0 Å². The molecule has 0 unspecified atom stereocenters. The van der Waals surface area contributed by atoms with Crippen molar-refractivity contribution in [3.63, 3.8) is 0 Å². The summed E-state index contributed by atoms with van der Waals surface area (Å²) in [7, 11) is 0. The molecule has 112 valence electrons. The van der Waals surface area contributed by atoms with Gasteiger partial charge >= 0.3 is 0 Å². The predicted octanol–water partition coefficient (Wildman–Crippen LogP) is 1.67. The SMILES string of the molecule is OC1CCN(C[C@H](O)COCc2ccc(Cl)cc2)CC1. The van der Waals surface area contributed by atoms with Gasteiger partial charge in [0.25, 0.3) is 0 Å². The number of ether oxygens (including phenoxy) is 1. The van der Waals surface area contributed by atoms with Gasteiger partial charge < -0.3 is 19.8 Å². The van der Waals surface area contributed by atoms with Gasteiger partial charge in [-0.2, -0.15) is 0 Å². The first-order valence-electron chi connectivity index (χ1n) is 7.04. The van der Waals surface area contributed by atoms with Gasteiger partial charge in [-0.15, -0.1) is 0 Å². The molecule has 1 fully saturated rings. The fourth-order valence-electron chi connectivity index (χ4n) is 2.35. The molecule has 5 heteroatoms. The maximum Gasteiger partial charge on any atom is 0.0900 e. The summed E-state index contributed by atoms with van der Waals surface area (Å²) in [6.45, 7) is 3.09. The van der Waals surface area contributed by atoms with Gasteiger partial charge in [0, 0.05) is 24.7 Å². The minimum Gasteiger partial charge on any atom is -0.393 e. The van der Waals surface area contributed by atoms with E-state index in [1.165, 1.54) is 0 Å². The third-order valence-electron chi connectivity index (χ3n) is 3.52. The van der Waals surface area contributed by atoms with Crippen LogP contribution in [0.15, 0.2) is 24.3 Å². The second-order valence-corrected chi connectivity index (χ2v) is 5.76. The van der Waals surface area contributed by atoms with Gasteiger partial charge in [0.2, 0.25) is 0 Å². The van der Waals surface area contributed by atoms with E-state index in [1.807, 2.05) is 24.3 Å². The average molecular weight is 300 g/mol. The maximum atomic E-state index is 9.94. The molecule has 2 N–H and O–H groups in total. The van der Waals surface area contributed by atoms with Crippen molar-refractivity contribution in [2.45, 2.75) is 31.7 Å². The lowest BCUT2D eigenvalue weighted by Crippen LogP contribution is -2.41. The number of aliphatic hydroxyl groups excluding tert-OH is 2. The zero-order valence-electron chi connectivity index (χ0n) is 11.5. The van der Waals surface area contributed by atoms with Gasteiger partial charge in [0.05, 0.1) is 25.4 Å². The van der Waals surface area contributed by atoms with Crippen molar-refractivity contribution in [2.75, 3.05) is 26.2 Å². The van der Waals surface area contributed by atoms with E-state index in [9.17, 15) is 10.2 Å². The van der Waals surface area contributed by atoms with Crippen LogP contribution in [-0.2, 0) is 11.3 Å². The first-order chi connectivity index (χ1) is 9.63. The second-order valence-electron chi connectivity index (χ2n) is 5.33. The molecule has 1 aliphatic heterocycles. The lowest BCUT2D eigenvalue weighted by Gasteiger charge is -2.30. The summed E-state index contributed by atoms with van der Waals surface area (Å²) >= 11 is 5.81. The summed E-state index contributed by atoms with van der Waals surface area (Å²) in [6, 6.07) is 7.49. The smallest absolute Gasteiger partial charge is 0.0900 e. The predicted molar refractivity (Wildman–Crippen MR) is 78.8 cm³/mol. The summed E-state index contributed by atoms with van der Waals surface area (Å²) in [5.74, 6) is 0. The number of benzene rings is 1. The Bertz CT molecular complexity index is 391. The molecule has 1 atom stereocenters. The minimum absolute atomic E-state index is 0.176. The van der Waals surface area contributed by atoms with Crippen molar-refractivity contribution < 1.29 is 14.9 Å². The van der Waals surface area contributed by atoms with Crippen LogP contribution >= 0.6 is 11.6 Å². The number of nitrogens with zero attached hydrogens (tertiary/aromatic N) is 1. The topological polar surface area (TPSA) is 52.9 Å². The molecular weight excluding hydrogens is 278 g/mol. The molecule has 0 aliphatic carbocycles. The van der Waals surface area contributed by atoms with Gasteiger partial charge in [-0.05, 0) is 30.5 Å². The van der Waals surface area contributed by atoms with Crippen molar-refractivity contribution in [2.24, 2.45) is 0 Å². The molecule has 1 aromatic rings. The molecule has 1 aliphatic rings. The molecule has 0 radical (unpaired) electrons. The third-order valence-corrected chi connectivity index (χ3v) is 3.77. The lowest BCUT2D eigenvalue weighted by atomic mass is 10.1. The van der Waals surface area contributed by atoms with Crippen LogP contribution in [0.25, 0.3) is 0 Å². The molecular formula is C15H22ClNO3. The molecule has 4 nitrogen and oxygen atoms in total. The zero-order valence-corrected chi connectivity index (χ0v) is 12.3. The van der Waals surface area contributed by atoms with Crippen molar-refractivity contribution in [1.82, 2.24) is 4.90 Å². The van der Waals surface area contributed by atoms with Crippen molar-refractivity contribution in [1.29, 1.82) is 0 Å². The molecule has 1 aromatic carbocycles. The first-order valence-corrected chi connectivity index (χ1v) is 7.42. The first kappa shape index (κ1) is 15.7. The number of halogens is 1. The van der Waals surface area contributed by atoms with E-state index in [2.05, 4.69) is 4.90 Å². The molecule has 0 saturated carbocycles. The fraction of sp³-hybridized carbons (Fsp3) is 0.600. The number of rotatable bonds is 6. The Kier molecular flexibility index (Phi) is 6.26. The normalized spacial score (nSPS) is 19.1. The van der Waals surface area contributed by atoms with Gasteiger partial charge in [-0.25, -0.2) is 0 Å². The molecule has 1 saturated heterocycles. The summed E-state index contributed by atoms with van der Waals surface area (Å²) in [6.07, 6.45) is 0.915. The molecule has 1 heterocycles. The Labute approximate surface area is 124 Å². The van der Waals surface area contributed by atoms with Crippen LogP contribution in [0.3, 0.4) is 0 Å². The van der Waals surface area contributed by atoms with E-state index < -0.39 is 6.10 Å². The number of β-amino-alcohol motifs (C(OH)–C–C–N with tert-alkyl or cyclic N) is 1. The molecule has 0 bridgehead atoms. The monoisotopic (exact) mass is 299 g/mol. The van der Waals surface area contributed by atoms with E-state index in [-0.39, 0.29) is 6.10 Å². The quantitative estimate of drug-likeness (QED) is 0.839. The summed E-state index contributed by atoms with van der Waals surface area (Å²) in [5, 5.41) is 20.1. The van der Waals surface area contributed by atoms with Crippen LogP contribution < -0.4 is 0 Å². The fourth-order valence-corrected chi connectivity index (χ4v) is 2.47. The van der Waals surface area contributed by atoms with Crippen molar-refractivity contribution in [3.05, 3.63) is 34.9 Å². The van der Waals surface area contributed by atoms with Crippen LogP contribution in [0, 0.1) is 0 Å². The van der Waals surface area contributed by atoms with Crippen molar-refractivity contribution >= 4 is 11.6 Å². The van der Waals surface area contributed by atoms with Crippen molar-refractivity contribution in [3.8, 4) is 0 Å². The van der Waals surface area contributed by atoms with E-state index in [4.69, 9.17) is 16.3 Å². The Balaban J connectivity index is 1.62. The van der Waals surface area contributed by atoms with E-state index >= 15 is 0 Å². The number of hydrogen-bond acceptors (Lipinski definition) is 4. The Morgan fingerprint density at radius 3 is 2.55 bits per heavy atom. The largest absolute Gasteiger partial charge is 0.393 e. The van der Waals surface area contributed by atoms with E-state index in [0.29, 0.717) is 24.8 Å². The Morgan fingerprint density at radius 2 is 1.90 bits per heavy atom. The number of aliphatic hydroxyl groups is 2. The maximum absolute atomic E-state index is 9.94. The summed E-state index contributed by atoms with van der Waals surface area (Å²) in [5.41, 5.74) is 1.04. The number of likely N-dealkylation sites (tertiary alicyclic amines) is 1. The highest BCUT2D eigenvalue weighted by molar-refractivity contribution is 6.30. The van der Waals surface area contributed by atoms with Crippen LogP contribution in [0.1, 0.15) is 18.4 Å². The van der Waals surface area contributed by atoms with E-state index in [0.717, 1.165) is 31.5 Å². The van der Waals surface area contributed by atoms with Crippen LogP contribution in [0.4, 0.5) is 0 Å². The molecule has 0 spiro atoms. The second kappa shape index (κ2) is 7.96. The van der Waals surface area contributed by atoms with Crippen LogP contribution in [0.2, 0.25) is 5.02 Å².